The Morgan fingerprint density at radius 2 is 1.63 bits per heavy atom. The Labute approximate surface area is 181 Å². The molecule has 1 aromatic carbocycles. The maximum atomic E-state index is 13.6. The van der Waals surface area contributed by atoms with E-state index >= 15 is 0 Å². The lowest BCUT2D eigenvalue weighted by Crippen LogP contribution is -2.51. The molecule has 0 spiro atoms. The van der Waals surface area contributed by atoms with Crippen molar-refractivity contribution in [3.8, 4) is 0 Å². The Bertz CT molecular complexity index is 856. The Hall–Kier alpha value is -1.40. The van der Waals surface area contributed by atoms with Gasteiger partial charge in [-0.1, -0.05) is 39.0 Å². The molecule has 1 aliphatic heterocycles. The zero-order chi connectivity index (χ0) is 21.5. The van der Waals surface area contributed by atoms with Gasteiger partial charge in [0.2, 0.25) is 15.9 Å². The lowest BCUT2D eigenvalue weighted by Gasteiger charge is -2.45. The van der Waals surface area contributed by atoms with E-state index in [0.29, 0.717) is 48.8 Å². The zero-order valence-corrected chi connectivity index (χ0v) is 19.4. The van der Waals surface area contributed by atoms with Crippen LogP contribution in [0.1, 0.15) is 65.7 Å². The van der Waals surface area contributed by atoms with Crippen molar-refractivity contribution in [3.05, 3.63) is 30.3 Å². The molecule has 1 aromatic rings. The summed E-state index contributed by atoms with van der Waals surface area (Å²) in [5.74, 6) is 0.878. The summed E-state index contributed by atoms with van der Waals surface area (Å²) >= 11 is 0. The number of hydrogen-bond acceptors (Lipinski definition) is 3. The topological polar surface area (TPSA) is 57.7 Å². The Kier molecular flexibility index (Phi) is 6.01. The third-order valence-electron chi connectivity index (χ3n) is 7.14. The van der Waals surface area contributed by atoms with Crippen LogP contribution in [0.25, 0.3) is 0 Å². The number of carbonyl (C=O) groups is 1. The summed E-state index contributed by atoms with van der Waals surface area (Å²) in [5.41, 5.74) is 0.281. The van der Waals surface area contributed by atoms with Gasteiger partial charge in [0.25, 0.3) is 0 Å². The molecule has 6 heteroatoms. The van der Waals surface area contributed by atoms with E-state index in [0.717, 1.165) is 25.7 Å². The number of hydrogen-bond donors (Lipinski definition) is 0. The standard InChI is InChI=1S/C24H36N2O3S/c1-18-15-21(17-24(2,3)16-18)26(20-9-10-20)23(27)19-11-13-25(14-12-19)30(28,29)22-7-5-4-6-8-22/h4-8,18-21H,9-17H2,1-3H3/t18-,21-/m1/s1. The number of rotatable bonds is 5. The molecule has 4 rings (SSSR count). The van der Waals surface area contributed by atoms with Crippen LogP contribution in [0.5, 0.6) is 0 Å². The number of benzene rings is 1. The van der Waals surface area contributed by atoms with Crippen LogP contribution in [0.3, 0.4) is 0 Å². The van der Waals surface area contributed by atoms with Crippen LogP contribution < -0.4 is 0 Å². The molecule has 166 valence electrons. The van der Waals surface area contributed by atoms with Crippen molar-refractivity contribution < 1.29 is 13.2 Å². The Balaban J connectivity index is 1.43. The number of carbonyl (C=O) groups excluding carboxylic acids is 1. The first kappa shape index (κ1) is 21.8. The smallest absolute Gasteiger partial charge is 0.243 e. The predicted molar refractivity (Wildman–Crippen MR) is 118 cm³/mol. The number of amides is 1. The highest BCUT2D eigenvalue weighted by Crippen LogP contribution is 2.44. The van der Waals surface area contributed by atoms with Crippen molar-refractivity contribution in [3.63, 3.8) is 0 Å². The largest absolute Gasteiger partial charge is 0.336 e. The summed E-state index contributed by atoms with van der Waals surface area (Å²) in [7, 11) is -3.47. The summed E-state index contributed by atoms with van der Waals surface area (Å²) in [6.07, 6.45) is 6.91. The maximum Gasteiger partial charge on any atom is 0.243 e. The minimum Gasteiger partial charge on any atom is -0.336 e. The van der Waals surface area contributed by atoms with Crippen molar-refractivity contribution in [1.82, 2.24) is 9.21 Å². The van der Waals surface area contributed by atoms with Crippen molar-refractivity contribution in [2.24, 2.45) is 17.3 Å². The molecule has 3 fully saturated rings. The molecule has 3 aliphatic rings. The summed E-state index contributed by atoms with van der Waals surface area (Å²) in [6.45, 7) is 7.84. The van der Waals surface area contributed by atoms with Crippen LogP contribution in [-0.2, 0) is 14.8 Å². The molecule has 0 bridgehead atoms. The highest BCUT2D eigenvalue weighted by molar-refractivity contribution is 7.89. The second kappa shape index (κ2) is 8.27. The van der Waals surface area contributed by atoms with Gasteiger partial charge in [-0.2, -0.15) is 4.31 Å². The predicted octanol–water partition coefficient (Wildman–Crippen LogP) is 4.29. The van der Waals surface area contributed by atoms with Crippen molar-refractivity contribution in [2.45, 2.75) is 82.7 Å². The van der Waals surface area contributed by atoms with Gasteiger partial charge in [-0.25, -0.2) is 8.42 Å². The molecule has 30 heavy (non-hydrogen) atoms. The van der Waals surface area contributed by atoms with Gasteiger partial charge in [0, 0.05) is 31.1 Å². The van der Waals surface area contributed by atoms with E-state index in [4.69, 9.17) is 0 Å². The number of piperidine rings is 1. The average molecular weight is 433 g/mol. The minimum absolute atomic E-state index is 0.0480. The fourth-order valence-corrected chi connectivity index (χ4v) is 7.30. The monoisotopic (exact) mass is 432 g/mol. The fraction of sp³-hybridized carbons (Fsp3) is 0.708. The quantitative estimate of drug-likeness (QED) is 0.697. The lowest BCUT2D eigenvalue weighted by atomic mass is 9.70. The van der Waals surface area contributed by atoms with Crippen LogP contribution in [0.4, 0.5) is 0 Å². The second-order valence-electron chi connectivity index (χ2n) is 10.5. The summed E-state index contributed by atoms with van der Waals surface area (Å²) in [4.78, 5) is 16.2. The Morgan fingerprint density at radius 3 is 2.20 bits per heavy atom. The van der Waals surface area contributed by atoms with E-state index in [9.17, 15) is 13.2 Å². The van der Waals surface area contributed by atoms with E-state index < -0.39 is 10.0 Å². The highest BCUT2D eigenvalue weighted by atomic mass is 32.2. The summed E-state index contributed by atoms with van der Waals surface area (Å²) in [5, 5.41) is 0. The molecule has 0 radical (unpaired) electrons. The molecule has 2 aliphatic carbocycles. The van der Waals surface area contributed by atoms with Crippen LogP contribution in [0.15, 0.2) is 35.2 Å². The highest BCUT2D eigenvalue weighted by Gasteiger charge is 2.45. The molecule has 1 saturated heterocycles. The zero-order valence-electron chi connectivity index (χ0n) is 18.6. The van der Waals surface area contributed by atoms with Gasteiger partial charge in [0.15, 0.2) is 0 Å². The van der Waals surface area contributed by atoms with Gasteiger partial charge >= 0.3 is 0 Å². The molecule has 5 nitrogen and oxygen atoms in total. The van der Waals surface area contributed by atoms with Gasteiger partial charge in [-0.05, 0) is 68.4 Å². The van der Waals surface area contributed by atoms with Crippen molar-refractivity contribution >= 4 is 15.9 Å². The van der Waals surface area contributed by atoms with Crippen LogP contribution in [0, 0.1) is 17.3 Å². The van der Waals surface area contributed by atoms with Gasteiger partial charge in [0.05, 0.1) is 4.90 Å². The van der Waals surface area contributed by atoms with E-state index in [1.165, 1.54) is 6.42 Å². The van der Waals surface area contributed by atoms with E-state index in [1.807, 2.05) is 6.07 Å². The fourth-order valence-electron chi connectivity index (χ4n) is 5.81. The first-order chi connectivity index (χ1) is 14.2. The first-order valence-corrected chi connectivity index (χ1v) is 13.0. The van der Waals surface area contributed by atoms with Crippen LogP contribution >= 0.6 is 0 Å². The lowest BCUT2D eigenvalue weighted by molar-refractivity contribution is -0.142. The summed E-state index contributed by atoms with van der Waals surface area (Å²) in [6, 6.07) is 9.38. The molecule has 1 heterocycles. The molecule has 2 atom stereocenters. The average Bonchev–Trinajstić information content (AvgIpc) is 3.52. The molecular formula is C24H36N2O3S. The molecule has 1 amide bonds. The molecule has 0 aromatic heterocycles. The van der Waals surface area contributed by atoms with Crippen molar-refractivity contribution in [2.75, 3.05) is 13.1 Å². The van der Waals surface area contributed by atoms with Crippen molar-refractivity contribution in [1.29, 1.82) is 0 Å². The molecule has 0 unspecified atom stereocenters. The van der Waals surface area contributed by atoms with Gasteiger partial charge in [-0.3, -0.25) is 4.79 Å². The van der Waals surface area contributed by atoms with E-state index in [1.54, 1.807) is 28.6 Å². The van der Waals surface area contributed by atoms with E-state index in [2.05, 4.69) is 25.7 Å². The van der Waals surface area contributed by atoms with Gasteiger partial charge < -0.3 is 4.90 Å². The van der Waals surface area contributed by atoms with E-state index in [-0.39, 0.29) is 17.2 Å². The number of sulfonamides is 1. The molecular weight excluding hydrogens is 396 g/mol. The van der Waals surface area contributed by atoms with Crippen LogP contribution in [0.2, 0.25) is 0 Å². The first-order valence-electron chi connectivity index (χ1n) is 11.5. The third-order valence-corrected chi connectivity index (χ3v) is 9.05. The molecule has 0 N–H and O–H groups in total. The van der Waals surface area contributed by atoms with Gasteiger partial charge in [0.1, 0.15) is 0 Å². The molecule has 2 saturated carbocycles. The number of nitrogens with zero attached hydrogens (tertiary/aromatic N) is 2. The summed E-state index contributed by atoms with van der Waals surface area (Å²) < 4.78 is 27.4. The second-order valence-corrected chi connectivity index (χ2v) is 12.5. The normalized spacial score (nSPS) is 28.2. The minimum atomic E-state index is -3.47. The maximum absolute atomic E-state index is 13.6. The Morgan fingerprint density at radius 1 is 1.00 bits per heavy atom. The third kappa shape index (κ3) is 4.59. The van der Waals surface area contributed by atoms with Gasteiger partial charge in [-0.15, -0.1) is 0 Å². The SMILES string of the molecule is C[C@@H]1C[C@@H](N(C(=O)C2CCN(S(=O)(=O)c3ccccc3)CC2)C2CC2)CC(C)(C)C1. The van der Waals surface area contributed by atoms with Crippen LogP contribution in [-0.4, -0.2) is 48.7 Å².